The Morgan fingerprint density at radius 3 is 2.33 bits per heavy atom. The first-order chi connectivity index (χ1) is 10.2. The number of benzene rings is 1. The van der Waals surface area contributed by atoms with Gasteiger partial charge in [0.05, 0.1) is 0 Å². The SMILES string of the molecule is C=CC1=C(/C=C\C)C(=O)c2cc3c(cc21)C(=O)CC3.CC. The van der Waals surface area contributed by atoms with Gasteiger partial charge >= 0.3 is 0 Å². The molecule has 108 valence electrons. The highest BCUT2D eigenvalue weighted by Crippen LogP contribution is 2.38. The third-order valence-electron chi connectivity index (χ3n) is 3.77. The van der Waals surface area contributed by atoms with Gasteiger partial charge < -0.3 is 0 Å². The van der Waals surface area contributed by atoms with Gasteiger partial charge in [0, 0.05) is 23.1 Å². The van der Waals surface area contributed by atoms with Crippen LogP contribution in [0.25, 0.3) is 5.57 Å². The highest BCUT2D eigenvalue weighted by molar-refractivity contribution is 6.24. The number of carbonyl (C=O) groups is 2. The number of Topliss-reactive ketones (excluding diaryl/α,β-unsaturated/α-hetero) is 2. The Morgan fingerprint density at radius 1 is 1.00 bits per heavy atom. The van der Waals surface area contributed by atoms with Crippen LogP contribution < -0.4 is 0 Å². The van der Waals surface area contributed by atoms with Crippen molar-refractivity contribution in [1.82, 2.24) is 0 Å². The Balaban J connectivity index is 0.000000774. The van der Waals surface area contributed by atoms with Crippen LogP contribution in [0, 0.1) is 0 Å². The second-order valence-corrected chi connectivity index (χ2v) is 4.84. The summed E-state index contributed by atoms with van der Waals surface area (Å²) < 4.78 is 0. The van der Waals surface area contributed by atoms with Crippen molar-refractivity contribution in [3.63, 3.8) is 0 Å². The van der Waals surface area contributed by atoms with Crippen molar-refractivity contribution in [3.05, 3.63) is 64.8 Å². The highest BCUT2D eigenvalue weighted by atomic mass is 16.1. The van der Waals surface area contributed by atoms with E-state index in [-0.39, 0.29) is 11.6 Å². The number of rotatable bonds is 2. The van der Waals surface area contributed by atoms with E-state index in [9.17, 15) is 9.59 Å². The molecule has 0 saturated carbocycles. The molecule has 2 nitrogen and oxygen atoms in total. The number of hydrogen-bond donors (Lipinski definition) is 0. The third-order valence-corrected chi connectivity index (χ3v) is 3.77. The maximum absolute atomic E-state index is 12.4. The van der Waals surface area contributed by atoms with Crippen molar-refractivity contribution >= 4 is 17.1 Å². The van der Waals surface area contributed by atoms with Gasteiger partial charge in [0.1, 0.15) is 0 Å². The summed E-state index contributed by atoms with van der Waals surface area (Å²) in [4.78, 5) is 24.2. The molecule has 3 rings (SSSR count). The minimum Gasteiger partial charge on any atom is -0.294 e. The fourth-order valence-electron chi connectivity index (χ4n) is 2.87. The zero-order chi connectivity index (χ0) is 15.6. The van der Waals surface area contributed by atoms with E-state index in [1.165, 1.54) is 0 Å². The van der Waals surface area contributed by atoms with Gasteiger partial charge in [-0.05, 0) is 42.2 Å². The van der Waals surface area contributed by atoms with E-state index in [0.717, 1.165) is 28.7 Å². The minimum absolute atomic E-state index is 0.0325. The number of ketones is 2. The molecule has 2 heteroatoms. The average Bonchev–Trinajstić information content (AvgIpc) is 3.00. The number of hydrogen-bond acceptors (Lipinski definition) is 2. The summed E-state index contributed by atoms with van der Waals surface area (Å²) >= 11 is 0. The van der Waals surface area contributed by atoms with Gasteiger partial charge in [0.2, 0.25) is 0 Å². The van der Waals surface area contributed by atoms with Crippen LogP contribution in [-0.4, -0.2) is 11.6 Å². The number of fused-ring (bicyclic) bond motifs is 2. The Hall–Kier alpha value is -2.22. The molecule has 0 amide bonds. The Labute approximate surface area is 125 Å². The molecule has 0 saturated heterocycles. The van der Waals surface area contributed by atoms with Crippen LogP contribution in [0.5, 0.6) is 0 Å². The van der Waals surface area contributed by atoms with Crippen molar-refractivity contribution in [2.45, 2.75) is 33.6 Å². The molecular formula is C19H20O2. The highest BCUT2D eigenvalue weighted by Gasteiger charge is 2.30. The summed E-state index contributed by atoms with van der Waals surface area (Å²) in [5.41, 5.74) is 4.83. The van der Waals surface area contributed by atoms with Crippen molar-refractivity contribution in [3.8, 4) is 0 Å². The van der Waals surface area contributed by atoms with E-state index in [1.54, 1.807) is 6.08 Å². The van der Waals surface area contributed by atoms with Gasteiger partial charge in [-0.15, -0.1) is 0 Å². The van der Waals surface area contributed by atoms with Crippen molar-refractivity contribution < 1.29 is 9.59 Å². The first kappa shape index (κ1) is 15.2. The van der Waals surface area contributed by atoms with Crippen LogP contribution >= 0.6 is 0 Å². The molecule has 0 atom stereocenters. The second kappa shape index (κ2) is 6.04. The van der Waals surface area contributed by atoms with E-state index in [1.807, 2.05) is 45.1 Å². The molecular weight excluding hydrogens is 260 g/mol. The molecule has 0 spiro atoms. The molecule has 0 bridgehead atoms. The quantitative estimate of drug-likeness (QED) is 0.796. The second-order valence-electron chi connectivity index (χ2n) is 4.84. The topological polar surface area (TPSA) is 34.1 Å². The molecule has 0 fully saturated rings. The van der Waals surface area contributed by atoms with Gasteiger partial charge in [-0.3, -0.25) is 9.59 Å². The Bertz CT molecular complexity index is 688. The lowest BCUT2D eigenvalue weighted by Crippen LogP contribution is -1.99. The van der Waals surface area contributed by atoms with E-state index in [4.69, 9.17) is 0 Å². The molecule has 0 unspecified atom stereocenters. The molecule has 21 heavy (non-hydrogen) atoms. The molecule has 1 aromatic rings. The van der Waals surface area contributed by atoms with Crippen LogP contribution in [0.15, 0.2) is 42.5 Å². The van der Waals surface area contributed by atoms with Crippen LogP contribution in [0.2, 0.25) is 0 Å². The molecule has 0 heterocycles. The molecule has 0 N–H and O–H groups in total. The summed E-state index contributed by atoms with van der Waals surface area (Å²) in [6.07, 6.45) is 6.66. The summed E-state index contributed by atoms with van der Waals surface area (Å²) in [6.45, 7) is 9.67. The van der Waals surface area contributed by atoms with Crippen LogP contribution in [-0.2, 0) is 6.42 Å². The van der Waals surface area contributed by atoms with E-state index >= 15 is 0 Å². The van der Waals surface area contributed by atoms with Crippen LogP contribution in [0.4, 0.5) is 0 Å². The van der Waals surface area contributed by atoms with E-state index < -0.39 is 0 Å². The maximum atomic E-state index is 12.4. The number of aryl methyl sites for hydroxylation is 1. The summed E-state index contributed by atoms with van der Waals surface area (Å²) in [6, 6.07) is 3.75. The summed E-state index contributed by atoms with van der Waals surface area (Å²) in [5.74, 6) is 0.207. The van der Waals surface area contributed by atoms with Gasteiger partial charge in [-0.25, -0.2) is 0 Å². The average molecular weight is 280 g/mol. The van der Waals surface area contributed by atoms with Crippen molar-refractivity contribution in [2.24, 2.45) is 0 Å². The van der Waals surface area contributed by atoms with Crippen molar-refractivity contribution in [2.75, 3.05) is 0 Å². The monoisotopic (exact) mass is 280 g/mol. The number of allylic oxidation sites excluding steroid dienone is 5. The molecule has 0 aromatic heterocycles. The van der Waals surface area contributed by atoms with Crippen LogP contribution in [0.3, 0.4) is 0 Å². The lowest BCUT2D eigenvalue weighted by molar-refractivity contribution is 0.0992. The van der Waals surface area contributed by atoms with Gasteiger partial charge in [-0.2, -0.15) is 0 Å². The Morgan fingerprint density at radius 2 is 1.71 bits per heavy atom. The zero-order valence-corrected chi connectivity index (χ0v) is 12.8. The summed E-state index contributed by atoms with van der Waals surface area (Å²) in [7, 11) is 0. The predicted molar refractivity (Wildman–Crippen MR) is 86.7 cm³/mol. The van der Waals surface area contributed by atoms with Gasteiger partial charge in [0.15, 0.2) is 11.6 Å². The molecule has 2 aliphatic rings. The van der Waals surface area contributed by atoms with Gasteiger partial charge in [-0.1, -0.05) is 38.7 Å². The largest absolute Gasteiger partial charge is 0.294 e. The lowest BCUT2D eigenvalue weighted by atomic mass is 9.98. The maximum Gasteiger partial charge on any atom is 0.194 e. The van der Waals surface area contributed by atoms with Crippen molar-refractivity contribution in [1.29, 1.82) is 0 Å². The standard InChI is InChI=1S/C17H14O2.C2H6/c1-3-5-12-11(4-2)14-9-13-10(6-7-16(13)18)8-15(14)17(12)19;1-2/h3-5,8-9H,2,6-7H2,1H3;1-2H3/b5-3-;. The first-order valence-electron chi connectivity index (χ1n) is 7.42. The molecule has 2 aliphatic carbocycles. The predicted octanol–water partition coefficient (Wildman–Crippen LogP) is 4.55. The first-order valence-corrected chi connectivity index (χ1v) is 7.42. The fraction of sp³-hybridized carbons (Fsp3) is 0.263. The number of carbonyl (C=O) groups excluding carboxylic acids is 2. The van der Waals surface area contributed by atoms with E-state index in [2.05, 4.69) is 6.58 Å². The normalized spacial score (nSPS) is 16.0. The molecule has 0 aliphatic heterocycles. The Kier molecular flexibility index (Phi) is 4.37. The third kappa shape index (κ3) is 2.31. The molecule has 0 radical (unpaired) electrons. The van der Waals surface area contributed by atoms with Crippen LogP contribution in [0.1, 0.15) is 59.0 Å². The zero-order valence-electron chi connectivity index (χ0n) is 12.8. The van der Waals surface area contributed by atoms with Gasteiger partial charge in [0.25, 0.3) is 0 Å². The summed E-state index contributed by atoms with van der Waals surface area (Å²) in [5, 5.41) is 0. The molecule has 1 aromatic carbocycles. The van der Waals surface area contributed by atoms with E-state index in [0.29, 0.717) is 17.6 Å². The smallest absolute Gasteiger partial charge is 0.194 e. The lowest BCUT2D eigenvalue weighted by Gasteiger charge is -2.04. The fourth-order valence-corrected chi connectivity index (χ4v) is 2.87. The minimum atomic E-state index is 0.0325.